The number of methoxy groups -OCH3 is 1. The molecule has 1 aromatic rings. The minimum absolute atomic E-state index is 0.0446. The summed E-state index contributed by atoms with van der Waals surface area (Å²) in [7, 11) is 3.42. The van der Waals surface area contributed by atoms with E-state index in [9.17, 15) is 4.79 Å². The molecule has 1 aliphatic rings. The van der Waals surface area contributed by atoms with Crippen molar-refractivity contribution in [3.05, 3.63) is 11.6 Å². The molecule has 112 valence electrons. The molecule has 6 nitrogen and oxygen atoms in total. The van der Waals surface area contributed by atoms with Crippen LogP contribution in [0.15, 0.2) is 0 Å². The summed E-state index contributed by atoms with van der Waals surface area (Å²) in [5.41, 5.74) is 0. The third kappa shape index (κ3) is 3.36. The fourth-order valence-corrected chi connectivity index (χ4v) is 2.81. The van der Waals surface area contributed by atoms with E-state index >= 15 is 0 Å². The van der Waals surface area contributed by atoms with E-state index in [2.05, 4.69) is 15.5 Å². The quantitative estimate of drug-likeness (QED) is 0.665. The van der Waals surface area contributed by atoms with Gasteiger partial charge >= 0.3 is 5.97 Å². The molecule has 20 heavy (non-hydrogen) atoms. The van der Waals surface area contributed by atoms with Crippen LogP contribution in [0.3, 0.4) is 0 Å². The minimum Gasteiger partial charge on any atom is -0.469 e. The van der Waals surface area contributed by atoms with Crippen LogP contribution in [0.25, 0.3) is 0 Å². The molecule has 0 radical (unpaired) electrons. The van der Waals surface area contributed by atoms with Crippen LogP contribution in [-0.2, 0) is 23.1 Å². The molecule has 1 heterocycles. The highest BCUT2D eigenvalue weighted by Gasteiger charge is 2.30. The molecule has 1 fully saturated rings. The van der Waals surface area contributed by atoms with E-state index in [1.807, 2.05) is 18.5 Å². The first-order valence-electron chi connectivity index (χ1n) is 7.29. The molecule has 0 bridgehead atoms. The Kier molecular flexibility index (Phi) is 5.11. The van der Waals surface area contributed by atoms with Crippen LogP contribution < -0.4 is 5.32 Å². The highest BCUT2D eigenvalue weighted by molar-refractivity contribution is 5.73. The van der Waals surface area contributed by atoms with E-state index in [0.717, 1.165) is 37.3 Å². The molecule has 0 unspecified atom stereocenters. The predicted octanol–water partition coefficient (Wildman–Crippen LogP) is 1.34. The zero-order valence-corrected chi connectivity index (χ0v) is 12.6. The highest BCUT2D eigenvalue weighted by atomic mass is 16.5. The second kappa shape index (κ2) is 6.83. The van der Waals surface area contributed by atoms with Crippen molar-refractivity contribution in [1.29, 1.82) is 0 Å². The zero-order chi connectivity index (χ0) is 14.5. The molecule has 0 saturated heterocycles. The van der Waals surface area contributed by atoms with Crippen LogP contribution in [0.1, 0.15) is 43.8 Å². The van der Waals surface area contributed by atoms with Crippen molar-refractivity contribution in [2.45, 2.75) is 51.6 Å². The van der Waals surface area contributed by atoms with Crippen molar-refractivity contribution in [2.24, 2.45) is 13.0 Å². The standard InChI is InChI=1S/C14H24N4O2/c1-10-16-17-13(18(10)2)9-15-12-8-6-4-5-7-11(12)14(19)20-3/h11-12,15H,4-9H2,1-3H3/t11-,12+/m0/s1. The van der Waals surface area contributed by atoms with Crippen LogP contribution in [0.2, 0.25) is 0 Å². The SMILES string of the molecule is COC(=O)[C@H]1CCCCC[C@H]1NCc1nnc(C)n1C. The smallest absolute Gasteiger partial charge is 0.310 e. The van der Waals surface area contributed by atoms with Crippen LogP contribution in [0, 0.1) is 12.8 Å². The summed E-state index contributed by atoms with van der Waals surface area (Å²) in [6.07, 6.45) is 5.36. The molecule has 2 atom stereocenters. The Hall–Kier alpha value is -1.43. The third-order valence-electron chi connectivity index (χ3n) is 4.22. The maximum absolute atomic E-state index is 11.9. The lowest BCUT2D eigenvalue weighted by Gasteiger charge is -2.24. The van der Waals surface area contributed by atoms with Gasteiger partial charge in [-0.1, -0.05) is 19.3 Å². The minimum atomic E-state index is -0.0986. The number of aromatic nitrogens is 3. The largest absolute Gasteiger partial charge is 0.469 e. The lowest BCUT2D eigenvalue weighted by molar-refractivity contribution is -0.146. The lowest BCUT2D eigenvalue weighted by atomic mass is 9.95. The number of aryl methyl sites for hydroxylation is 1. The Morgan fingerprint density at radius 2 is 2.10 bits per heavy atom. The molecule has 1 saturated carbocycles. The highest BCUT2D eigenvalue weighted by Crippen LogP contribution is 2.24. The van der Waals surface area contributed by atoms with Crippen molar-refractivity contribution in [3.63, 3.8) is 0 Å². The number of hydrogen-bond donors (Lipinski definition) is 1. The molecule has 0 amide bonds. The maximum atomic E-state index is 11.9. The molecule has 0 aliphatic heterocycles. The van der Waals surface area contributed by atoms with Crippen LogP contribution in [0.5, 0.6) is 0 Å². The molecular weight excluding hydrogens is 256 g/mol. The first-order chi connectivity index (χ1) is 9.63. The van der Waals surface area contributed by atoms with Gasteiger partial charge in [0.25, 0.3) is 0 Å². The number of ether oxygens (including phenoxy) is 1. The number of esters is 1. The van der Waals surface area contributed by atoms with E-state index in [1.54, 1.807) is 0 Å². The van der Waals surface area contributed by atoms with E-state index in [1.165, 1.54) is 13.5 Å². The molecule has 6 heteroatoms. The Balaban J connectivity index is 2.00. The van der Waals surface area contributed by atoms with Crippen LogP contribution in [0.4, 0.5) is 0 Å². The van der Waals surface area contributed by atoms with Crippen LogP contribution >= 0.6 is 0 Å². The Morgan fingerprint density at radius 3 is 2.75 bits per heavy atom. The van der Waals surface area contributed by atoms with E-state index in [0.29, 0.717) is 6.54 Å². The number of hydrogen-bond acceptors (Lipinski definition) is 5. The van der Waals surface area contributed by atoms with Gasteiger partial charge in [0.05, 0.1) is 19.6 Å². The fourth-order valence-electron chi connectivity index (χ4n) is 2.81. The second-order valence-corrected chi connectivity index (χ2v) is 5.48. The van der Waals surface area contributed by atoms with Gasteiger partial charge in [0.1, 0.15) is 11.6 Å². The van der Waals surface area contributed by atoms with E-state index < -0.39 is 0 Å². The summed E-state index contributed by atoms with van der Waals surface area (Å²) in [6, 6.07) is 0.168. The van der Waals surface area contributed by atoms with Crippen molar-refractivity contribution in [3.8, 4) is 0 Å². The van der Waals surface area contributed by atoms with Gasteiger partial charge in [-0.15, -0.1) is 10.2 Å². The van der Waals surface area contributed by atoms with Gasteiger partial charge in [0.15, 0.2) is 0 Å². The van der Waals surface area contributed by atoms with Gasteiger partial charge in [-0.05, 0) is 19.8 Å². The van der Waals surface area contributed by atoms with Crippen molar-refractivity contribution < 1.29 is 9.53 Å². The lowest BCUT2D eigenvalue weighted by Crippen LogP contribution is -2.40. The van der Waals surface area contributed by atoms with Gasteiger partial charge in [-0.3, -0.25) is 4.79 Å². The van der Waals surface area contributed by atoms with Crippen LogP contribution in [-0.4, -0.2) is 33.9 Å². The molecule has 0 spiro atoms. The van der Waals surface area contributed by atoms with Crippen molar-refractivity contribution >= 4 is 5.97 Å². The Bertz CT molecular complexity index is 458. The van der Waals surface area contributed by atoms with E-state index in [-0.39, 0.29) is 17.9 Å². The predicted molar refractivity (Wildman–Crippen MR) is 75.0 cm³/mol. The zero-order valence-electron chi connectivity index (χ0n) is 12.6. The maximum Gasteiger partial charge on any atom is 0.310 e. The first-order valence-corrected chi connectivity index (χ1v) is 7.29. The summed E-state index contributed by atoms with van der Waals surface area (Å²) < 4.78 is 6.91. The summed E-state index contributed by atoms with van der Waals surface area (Å²) in [5.74, 6) is 1.65. The normalized spacial score (nSPS) is 23.4. The number of nitrogens with one attached hydrogen (secondary N) is 1. The molecule has 2 rings (SSSR count). The topological polar surface area (TPSA) is 69.0 Å². The molecule has 0 aromatic carbocycles. The number of carbonyl (C=O) groups excluding carboxylic acids is 1. The van der Waals surface area contributed by atoms with Gasteiger partial charge in [0.2, 0.25) is 0 Å². The van der Waals surface area contributed by atoms with E-state index in [4.69, 9.17) is 4.74 Å². The number of rotatable bonds is 4. The van der Waals surface area contributed by atoms with Gasteiger partial charge in [-0.25, -0.2) is 0 Å². The number of nitrogens with zero attached hydrogens (tertiary/aromatic N) is 3. The van der Waals surface area contributed by atoms with Gasteiger partial charge in [0, 0.05) is 13.1 Å². The monoisotopic (exact) mass is 280 g/mol. The Labute approximate surface area is 119 Å². The molecule has 1 aliphatic carbocycles. The number of carbonyl (C=O) groups is 1. The average molecular weight is 280 g/mol. The van der Waals surface area contributed by atoms with Gasteiger partial charge in [-0.2, -0.15) is 0 Å². The summed E-state index contributed by atoms with van der Waals surface area (Å²) >= 11 is 0. The fraction of sp³-hybridized carbons (Fsp3) is 0.786. The van der Waals surface area contributed by atoms with Gasteiger partial charge < -0.3 is 14.6 Å². The molecule has 1 aromatic heterocycles. The summed E-state index contributed by atoms with van der Waals surface area (Å²) in [5, 5.41) is 11.7. The summed E-state index contributed by atoms with van der Waals surface area (Å²) in [6.45, 7) is 2.56. The van der Waals surface area contributed by atoms with Crippen molar-refractivity contribution in [2.75, 3.05) is 7.11 Å². The third-order valence-corrected chi connectivity index (χ3v) is 4.22. The Morgan fingerprint density at radius 1 is 1.35 bits per heavy atom. The first kappa shape index (κ1) is 15.0. The second-order valence-electron chi connectivity index (χ2n) is 5.48. The molecular formula is C14H24N4O2. The summed E-state index contributed by atoms with van der Waals surface area (Å²) in [4.78, 5) is 11.9. The average Bonchev–Trinajstić information content (AvgIpc) is 2.68. The molecule has 1 N–H and O–H groups in total. The van der Waals surface area contributed by atoms with Crippen molar-refractivity contribution in [1.82, 2.24) is 20.1 Å².